The predicted molar refractivity (Wildman–Crippen MR) is 140 cm³/mol. The first-order chi connectivity index (χ1) is 18.0. The van der Waals surface area contributed by atoms with Gasteiger partial charge in [-0.1, -0.05) is 37.8 Å². The summed E-state index contributed by atoms with van der Waals surface area (Å²) >= 11 is 0. The highest BCUT2D eigenvalue weighted by molar-refractivity contribution is 5.98. The van der Waals surface area contributed by atoms with Crippen LogP contribution in [0.4, 0.5) is 0 Å². The third kappa shape index (κ3) is 8.52. The molecule has 0 bridgehead atoms. The summed E-state index contributed by atoms with van der Waals surface area (Å²) in [4.78, 5) is 51.8. The van der Waals surface area contributed by atoms with Crippen molar-refractivity contribution < 1.29 is 33.8 Å². The summed E-state index contributed by atoms with van der Waals surface area (Å²) in [6.45, 7) is 5.06. The number of amides is 3. The lowest BCUT2D eigenvalue weighted by Crippen LogP contribution is -2.57. The van der Waals surface area contributed by atoms with Crippen molar-refractivity contribution in [1.29, 1.82) is 0 Å². The molecule has 1 heterocycles. The van der Waals surface area contributed by atoms with Gasteiger partial charge in [-0.3, -0.25) is 19.2 Å². The smallest absolute Gasteiger partial charge is 0.243 e. The number of ether oxygens (including phenoxy) is 2. The van der Waals surface area contributed by atoms with Crippen LogP contribution in [-0.2, 0) is 30.3 Å². The molecule has 5 atom stereocenters. The van der Waals surface area contributed by atoms with Crippen LogP contribution in [0.3, 0.4) is 0 Å². The summed E-state index contributed by atoms with van der Waals surface area (Å²) in [5.74, 6) is -0.630. The zero-order valence-electron chi connectivity index (χ0n) is 22.7. The van der Waals surface area contributed by atoms with E-state index in [4.69, 9.17) is 9.47 Å². The van der Waals surface area contributed by atoms with Crippen LogP contribution in [-0.4, -0.2) is 72.2 Å². The number of carbonyl (C=O) groups excluding carboxylic acids is 4. The Morgan fingerprint density at radius 2 is 1.63 bits per heavy atom. The van der Waals surface area contributed by atoms with E-state index in [0.29, 0.717) is 24.7 Å². The molecule has 0 spiro atoms. The Kier molecular flexibility index (Phi) is 10.3. The van der Waals surface area contributed by atoms with Crippen LogP contribution in [0.15, 0.2) is 24.3 Å². The van der Waals surface area contributed by atoms with Gasteiger partial charge in [0.1, 0.15) is 23.4 Å². The van der Waals surface area contributed by atoms with Crippen molar-refractivity contribution in [3.05, 3.63) is 29.8 Å². The van der Waals surface area contributed by atoms with Gasteiger partial charge in [0.25, 0.3) is 0 Å². The molecule has 1 saturated heterocycles. The number of epoxide rings is 1. The van der Waals surface area contributed by atoms with E-state index in [0.717, 1.165) is 31.2 Å². The van der Waals surface area contributed by atoms with Gasteiger partial charge in [0, 0.05) is 6.42 Å². The molecule has 3 amide bonds. The van der Waals surface area contributed by atoms with E-state index in [1.54, 1.807) is 38.3 Å². The molecular weight excluding hydrogens is 490 g/mol. The van der Waals surface area contributed by atoms with Gasteiger partial charge < -0.3 is 30.5 Å². The fourth-order valence-electron chi connectivity index (χ4n) is 4.84. The third-order valence-electron chi connectivity index (χ3n) is 7.26. The lowest BCUT2D eigenvalue weighted by atomic mass is 9.90. The van der Waals surface area contributed by atoms with E-state index in [-0.39, 0.29) is 18.6 Å². The van der Waals surface area contributed by atoms with Crippen molar-refractivity contribution >= 4 is 23.5 Å². The van der Waals surface area contributed by atoms with Gasteiger partial charge in [0.15, 0.2) is 5.78 Å². The number of methoxy groups -OCH3 is 1. The fraction of sp³-hybridized carbons (Fsp3) is 0.643. The quantitative estimate of drug-likeness (QED) is 0.266. The maximum absolute atomic E-state index is 13.6. The lowest BCUT2D eigenvalue weighted by Gasteiger charge is -2.26. The molecule has 0 aromatic heterocycles. The second kappa shape index (κ2) is 13.2. The van der Waals surface area contributed by atoms with Crippen LogP contribution in [0, 0.1) is 5.92 Å². The monoisotopic (exact) mass is 531 g/mol. The zero-order valence-corrected chi connectivity index (χ0v) is 22.7. The van der Waals surface area contributed by atoms with Crippen molar-refractivity contribution in [2.24, 2.45) is 5.92 Å². The summed E-state index contributed by atoms with van der Waals surface area (Å²) in [7, 11) is 1.56. The molecule has 10 nitrogen and oxygen atoms in total. The number of carbonyl (C=O) groups is 4. The molecular formula is C28H41N3O7. The van der Waals surface area contributed by atoms with Crippen molar-refractivity contribution in [3.8, 4) is 5.75 Å². The molecule has 10 heteroatoms. The highest BCUT2D eigenvalue weighted by Gasteiger charge is 2.50. The summed E-state index contributed by atoms with van der Waals surface area (Å²) in [5, 5.41) is 17.6. The van der Waals surface area contributed by atoms with E-state index in [1.807, 2.05) is 0 Å². The largest absolute Gasteiger partial charge is 0.497 e. The minimum absolute atomic E-state index is 0.140. The van der Waals surface area contributed by atoms with E-state index in [9.17, 15) is 24.3 Å². The Balaban J connectivity index is 1.75. The van der Waals surface area contributed by atoms with Crippen molar-refractivity contribution in [2.45, 2.75) is 95.5 Å². The maximum atomic E-state index is 13.6. The number of benzene rings is 1. The lowest BCUT2D eigenvalue weighted by molar-refractivity contribution is -0.134. The fourth-order valence-corrected chi connectivity index (χ4v) is 4.84. The Labute approximate surface area is 224 Å². The first-order valence-corrected chi connectivity index (χ1v) is 13.4. The molecule has 2 aliphatic rings. The summed E-state index contributed by atoms with van der Waals surface area (Å²) in [6.07, 6.45) is 4.00. The average Bonchev–Trinajstić information content (AvgIpc) is 3.41. The number of nitrogens with one attached hydrogen (secondary N) is 3. The SMILES string of the molecule is COc1ccc(C[C@H](NC(=O)[C@@H](C)NC(=O)C[C@@H](C)O)C(=O)N[C@@H](CC2CCCC2)C(=O)[C@@]2(C)CO2)cc1. The molecule has 1 aliphatic carbocycles. The maximum Gasteiger partial charge on any atom is 0.243 e. The standard InChI is InChI=1S/C28H41N3O7/c1-17(32)13-24(33)29-18(2)26(35)31-23(15-20-9-11-21(37-4)12-10-20)27(36)30-22(14-19-7-5-6-8-19)25(34)28(3)16-38-28/h9-12,17-19,22-23,32H,5-8,13-16H2,1-4H3,(H,29,33)(H,30,36)(H,31,35)/t17-,18-,22+,23+,28-/m1/s1. The van der Waals surface area contributed by atoms with Crippen molar-refractivity contribution in [1.82, 2.24) is 16.0 Å². The Morgan fingerprint density at radius 3 is 2.18 bits per heavy atom. The minimum atomic E-state index is -0.987. The van der Waals surface area contributed by atoms with Crippen LogP contribution in [0.25, 0.3) is 0 Å². The van der Waals surface area contributed by atoms with Gasteiger partial charge in [-0.05, 0) is 50.8 Å². The molecule has 1 aromatic rings. The van der Waals surface area contributed by atoms with Crippen molar-refractivity contribution in [3.63, 3.8) is 0 Å². The average molecular weight is 532 g/mol. The zero-order chi connectivity index (χ0) is 27.9. The van der Waals surface area contributed by atoms with Crippen LogP contribution in [0.2, 0.25) is 0 Å². The first-order valence-electron chi connectivity index (χ1n) is 13.4. The van der Waals surface area contributed by atoms with Crippen LogP contribution in [0.1, 0.15) is 64.9 Å². The van der Waals surface area contributed by atoms with Gasteiger partial charge in [0.05, 0.1) is 32.3 Å². The van der Waals surface area contributed by atoms with Crippen molar-refractivity contribution in [2.75, 3.05) is 13.7 Å². The Bertz CT molecular complexity index is 985. The molecule has 2 fully saturated rings. The number of hydrogen-bond donors (Lipinski definition) is 4. The molecule has 210 valence electrons. The highest BCUT2D eigenvalue weighted by Crippen LogP contribution is 2.33. The number of Topliss-reactive ketones (excluding diaryl/α,β-unsaturated/α-hetero) is 1. The molecule has 0 radical (unpaired) electrons. The molecule has 4 N–H and O–H groups in total. The number of aliphatic hydroxyl groups excluding tert-OH is 1. The normalized spacial score (nSPS) is 22.0. The van der Waals surface area contributed by atoms with E-state index in [2.05, 4.69) is 16.0 Å². The topological polar surface area (TPSA) is 146 Å². The van der Waals surface area contributed by atoms with E-state index < -0.39 is 47.6 Å². The van der Waals surface area contributed by atoms with Gasteiger partial charge in [-0.25, -0.2) is 0 Å². The number of ketones is 1. The molecule has 1 aliphatic heterocycles. The van der Waals surface area contributed by atoms with Gasteiger partial charge in [0.2, 0.25) is 17.7 Å². The van der Waals surface area contributed by atoms with Gasteiger partial charge in [-0.15, -0.1) is 0 Å². The molecule has 1 saturated carbocycles. The second-order valence-corrected chi connectivity index (χ2v) is 10.8. The number of hydrogen-bond acceptors (Lipinski definition) is 7. The van der Waals surface area contributed by atoms with Crippen LogP contribution in [0.5, 0.6) is 5.75 Å². The molecule has 38 heavy (non-hydrogen) atoms. The molecule has 0 unspecified atom stereocenters. The summed E-state index contributed by atoms with van der Waals surface area (Å²) in [6, 6.07) is 4.52. The highest BCUT2D eigenvalue weighted by atomic mass is 16.6. The Morgan fingerprint density at radius 1 is 1.03 bits per heavy atom. The summed E-state index contributed by atoms with van der Waals surface area (Å²) < 4.78 is 10.6. The molecule has 3 rings (SSSR count). The van der Waals surface area contributed by atoms with Crippen LogP contribution < -0.4 is 20.7 Å². The second-order valence-electron chi connectivity index (χ2n) is 10.8. The van der Waals surface area contributed by atoms with E-state index in [1.165, 1.54) is 13.8 Å². The van der Waals surface area contributed by atoms with Gasteiger partial charge in [-0.2, -0.15) is 0 Å². The molecule has 1 aromatic carbocycles. The third-order valence-corrected chi connectivity index (χ3v) is 7.26. The minimum Gasteiger partial charge on any atom is -0.497 e. The summed E-state index contributed by atoms with van der Waals surface area (Å²) in [5.41, 5.74) is -0.0957. The van der Waals surface area contributed by atoms with Crippen LogP contribution >= 0.6 is 0 Å². The number of aliphatic hydroxyl groups is 1. The van der Waals surface area contributed by atoms with Gasteiger partial charge >= 0.3 is 0 Å². The van der Waals surface area contributed by atoms with E-state index >= 15 is 0 Å². The Hall–Kier alpha value is -2.98. The first kappa shape index (κ1) is 29.6. The number of rotatable bonds is 14. The predicted octanol–water partition coefficient (Wildman–Crippen LogP) is 1.42.